The second kappa shape index (κ2) is 30.4. The van der Waals surface area contributed by atoms with Crippen molar-refractivity contribution in [1.82, 2.24) is 10.4 Å². The molecule has 0 rings (SSSR count). The fraction of sp³-hybridized carbons (Fsp3) is 1.00. The van der Waals surface area contributed by atoms with Crippen molar-refractivity contribution in [2.75, 3.05) is 127 Å². The number of methoxy groups -OCH3 is 3. The fourth-order valence-corrected chi connectivity index (χ4v) is 6.03. The Morgan fingerprint density at radius 1 is 0.725 bits per heavy atom. The minimum Gasteiger partial charge on any atom is -0.382 e. The molecule has 0 aliphatic heterocycles. The molecule has 0 bridgehead atoms. The first-order valence-corrected chi connectivity index (χ1v) is 21.3. The highest BCUT2D eigenvalue weighted by Crippen LogP contribution is 2.28. The monoisotopic (exact) mass is 616 g/mol. The lowest BCUT2D eigenvalue weighted by Gasteiger charge is -2.47. The van der Waals surface area contributed by atoms with Crippen LogP contribution in [-0.2, 0) is 42.7 Å². The van der Waals surface area contributed by atoms with Gasteiger partial charge in [-0.05, 0) is 35.6 Å². The summed E-state index contributed by atoms with van der Waals surface area (Å²) in [6, 6.07) is 0.955. The summed E-state index contributed by atoms with van der Waals surface area (Å²) in [5.41, 5.74) is 11.8. The zero-order valence-corrected chi connectivity index (χ0v) is 29.1. The molecule has 0 aromatic heterocycles. The molecule has 0 spiro atoms. The molecule has 0 radical (unpaired) electrons. The molecular weight excluding hydrogens is 556 g/mol. The molecule has 5 N–H and O–H groups in total. The maximum Gasteiger partial charge on any atom is 0.268 e. The summed E-state index contributed by atoms with van der Waals surface area (Å²) in [5, 5.41) is 5.41. The lowest BCUT2D eigenvalue weighted by atomic mass is 10.1. The molecule has 0 amide bonds. The Morgan fingerprint density at radius 2 is 1.25 bits per heavy atom. The third-order valence-electron chi connectivity index (χ3n) is 5.83. The smallest absolute Gasteiger partial charge is 0.268 e. The Bertz CT molecular complexity index is 499. The number of nitrogens with two attached hydrogens (primary N) is 2. The van der Waals surface area contributed by atoms with E-state index in [0.717, 1.165) is 12.8 Å². The first-order valence-electron chi connectivity index (χ1n) is 14.7. The van der Waals surface area contributed by atoms with Crippen molar-refractivity contribution in [3.63, 3.8) is 0 Å². The molecule has 13 nitrogen and oxygen atoms in total. The zero-order chi connectivity index (χ0) is 29.6. The van der Waals surface area contributed by atoms with Gasteiger partial charge in [-0.15, -0.1) is 5.06 Å². The number of nitrogens with one attached hydrogen (secondary N) is 1. The number of hydrogen-bond donors (Lipinski definition) is 3. The van der Waals surface area contributed by atoms with Crippen molar-refractivity contribution >= 4 is 18.8 Å². The van der Waals surface area contributed by atoms with E-state index in [1.54, 1.807) is 21.3 Å². The van der Waals surface area contributed by atoms with Crippen LogP contribution in [0.1, 0.15) is 19.3 Å². The number of nitrogens with zero attached hydrogens (tertiary/aromatic N) is 1. The van der Waals surface area contributed by atoms with Gasteiger partial charge in [0.25, 0.3) is 5.91 Å². The van der Waals surface area contributed by atoms with Gasteiger partial charge in [0, 0.05) is 50.0 Å². The van der Waals surface area contributed by atoms with Crippen LogP contribution in [0.5, 0.6) is 0 Å². The van der Waals surface area contributed by atoms with E-state index < -0.39 is 5.91 Å². The first-order chi connectivity index (χ1) is 19.7. The maximum atomic E-state index is 6.63. The van der Waals surface area contributed by atoms with Crippen molar-refractivity contribution in [1.29, 1.82) is 0 Å². The van der Waals surface area contributed by atoms with E-state index in [9.17, 15) is 0 Å². The summed E-state index contributed by atoms with van der Waals surface area (Å²) < 4.78 is 45.6. The zero-order valence-electron chi connectivity index (χ0n) is 25.7. The Balaban J connectivity index is 6.02. The molecule has 0 aromatic carbocycles. The second-order valence-corrected chi connectivity index (χ2v) is 13.7. The Kier molecular flexibility index (Phi) is 30.3. The molecule has 242 valence electrons. The summed E-state index contributed by atoms with van der Waals surface area (Å²) in [5.74, 6) is -1.27. The molecule has 1 unspecified atom stereocenters. The van der Waals surface area contributed by atoms with Gasteiger partial charge in [0.1, 0.15) is 0 Å². The van der Waals surface area contributed by atoms with E-state index in [1.165, 1.54) is 15.8 Å². The van der Waals surface area contributed by atoms with Gasteiger partial charge in [0.2, 0.25) is 0 Å². The highest BCUT2D eigenvalue weighted by molar-refractivity contribution is 6.89. The largest absolute Gasteiger partial charge is 0.382 e. The normalized spacial score (nSPS) is 13.3. The third kappa shape index (κ3) is 19.9. The molecule has 1 atom stereocenters. The standard InChI is InChI=1S/C25H60N4O9Si2/c1-30-11-14-33-17-20-36-25(37-21-18-34-15-12-31-2,24(6-4-7-26)28-9-8-27)29(10-5-23-40-39)38-22-19-35-16-13-32-3/h24,28H,4-23,26-27,40H2,1-3,39H3. The Morgan fingerprint density at radius 3 is 1.73 bits per heavy atom. The van der Waals surface area contributed by atoms with Gasteiger partial charge in [-0.3, -0.25) is 4.84 Å². The van der Waals surface area contributed by atoms with Crippen LogP contribution in [0, 0.1) is 0 Å². The quantitative estimate of drug-likeness (QED) is 0.0317. The van der Waals surface area contributed by atoms with E-state index in [2.05, 4.69) is 5.32 Å². The van der Waals surface area contributed by atoms with Crippen LogP contribution >= 0.6 is 0 Å². The molecule has 15 heteroatoms. The van der Waals surface area contributed by atoms with Gasteiger partial charge in [-0.1, -0.05) is 6.04 Å². The maximum absolute atomic E-state index is 6.63. The van der Waals surface area contributed by atoms with Crippen LogP contribution in [0.15, 0.2) is 0 Å². The highest BCUT2D eigenvalue weighted by Gasteiger charge is 2.47. The SMILES string of the molecule is COCCOCCON(CCC[SiH2][SiH3])C(OCCOCCOC)(OCCOCCOC)C(CCCN)NCCN. The average molecular weight is 617 g/mol. The van der Waals surface area contributed by atoms with E-state index in [-0.39, 0.29) is 28.3 Å². The molecule has 0 heterocycles. The van der Waals surface area contributed by atoms with Crippen LogP contribution in [0.4, 0.5) is 0 Å². The lowest BCUT2D eigenvalue weighted by molar-refractivity contribution is -0.422. The van der Waals surface area contributed by atoms with Gasteiger partial charge in [0.15, 0.2) is 0 Å². The van der Waals surface area contributed by atoms with Crippen LogP contribution in [-0.4, -0.2) is 163 Å². The Hall–Kier alpha value is -0.0862. The summed E-state index contributed by atoms with van der Waals surface area (Å²) in [4.78, 5) is 6.39. The lowest BCUT2D eigenvalue weighted by Crippen LogP contribution is -2.66. The summed E-state index contributed by atoms with van der Waals surface area (Å²) in [7, 11) is 6.25. The first kappa shape index (κ1) is 39.9. The molecule has 0 saturated heterocycles. The summed E-state index contributed by atoms with van der Waals surface area (Å²) in [6.07, 6.45) is 2.46. The third-order valence-corrected chi connectivity index (χ3v) is 9.16. The van der Waals surface area contributed by atoms with Crippen molar-refractivity contribution in [2.45, 2.75) is 37.3 Å². The topological polar surface area (TPSA) is 150 Å². The predicted molar refractivity (Wildman–Crippen MR) is 162 cm³/mol. The number of ether oxygens (including phenoxy) is 8. The van der Waals surface area contributed by atoms with Crippen molar-refractivity contribution in [3.05, 3.63) is 0 Å². The van der Waals surface area contributed by atoms with Gasteiger partial charge in [-0.25, -0.2) is 0 Å². The van der Waals surface area contributed by atoms with Crippen LogP contribution in [0.25, 0.3) is 0 Å². The second-order valence-electron chi connectivity index (χ2n) is 9.01. The van der Waals surface area contributed by atoms with Crippen molar-refractivity contribution in [3.8, 4) is 0 Å². The van der Waals surface area contributed by atoms with Crippen molar-refractivity contribution in [2.24, 2.45) is 11.5 Å². The summed E-state index contributed by atoms with van der Waals surface area (Å²) >= 11 is 0. The van der Waals surface area contributed by atoms with Crippen molar-refractivity contribution < 1.29 is 42.7 Å². The van der Waals surface area contributed by atoms with E-state index in [1.807, 2.05) is 5.06 Å². The Labute approximate surface area is 247 Å². The molecule has 0 aliphatic rings. The van der Waals surface area contributed by atoms with E-state index in [4.69, 9.17) is 54.2 Å². The van der Waals surface area contributed by atoms with Gasteiger partial charge in [0.05, 0.1) is 85.3 Å². The predicted octanol–water partition coefficient (Wildman–Crippen LogP) is -2.19. The van der Waals surface area contributed by atoms with Gasteiger partial charge in [-0.2, -0.15) is 0 Å². The van der Waals surface area contributed by atoms with Crippen LogP contribution in [0.3, 0.4) is 0 Å². The molecule has 0 fully saturated rings. The number of rotatable bonds is 33. The van der Waals surface area contributed by atoms with Gasteiger partial charge >= 0.3 is 0 Å². The molecule has 40 heavy (non-hydrogen) atoms. The minimum absolute atomic E-state index is 0.0160. The molecule has 0 aromatic rings. The molecule has 0 aliphatic carbocycles. The highest BCUT2D eigenvalue weighted by atomic mass is 29.1. The van der Waals surface area contributed by atoms with Crippen LogP contribution in [0.2, 0.25) is 6.04 Å². The number of hydroxylamine groups is 2. The molecular formula is C25H60N4O9Si2. The molecule has 0 saturated carbocycles. The fourth-order valence-electron chi connectivity index (χ4n) is 3.80. The van der Waals surface area contributed by atoms with Crippen LogP contribution < -0.4 is 16.8 Å². The minimum atomic E-state index is -1.27. The van der Waals surface area contributed by atoms with E-state index >= 15 is 0 Å². The summed E-state index contributed by atoms with van der Waals surface area (Å²) in [6.45, 7) is 7.33. The number of hydrogen-bond acceptors (Lipinski definition) is 13. The average Bonchev–Trinajstić information content (AvgIpc) is 2.97. The van der Waals surface area contributed by atoms with Gasteiger partial charge < -0.3 is 54.7 Å². The van der Waals surface area contributed by atoms with E-state index in [0.29, 0.717) is 98.7 Å².